The van der Waals surface area contributed by atoms with Gasteiger partial charge in [-0.15, -0.1) is 0 Å². The van der Waals surface area contributed by atoms with Crippen molar-refractivity contribution in [3.63, 3.8) is 0 Å². The van der Waals surface area contributed by atoms with Gasteiger partial charge in [0.1, 0.15) is 15.8 Å². The molecule has 1 amide bonds. The Morgan fingerprint density at radius 1 is 1.24 bits per heavy atom. The summed E-state index contributed by atoms with van der Waals surface area (Å²) >= 11 is 6.73. The zero-order chi connectivity index (χ0) is 24.4. The van der Waals surface area contributed by atoms with Crippen LogP contribution in [0.1, 0.15) is 44.7 Å². The molecule has 182 valence electrons. The maximum atomic E-state index is 13.7. The number of pyridine rings is 1. The van der Waals surface area contributed by atoms with Crippen molar-refractivity contribution in [2.75, 3.05) is 37.7 Å². The summed E-state index contributed by atoms with van der Waals surface area (Å²) in [6.45, 7) is 11.7. The zero-order valence-electron chi connectivity index (χ0n) is 20.2. The van der Waals surface area contributed by atoms with Gasteiger partial charge in [0, 0.05) is 39.0 Å². The second-order valence-corrected chi connectivity index (χ2v) is 11.0. The van der Waals surface area contributed by atoms with Gasteiger partial charge in [0.25, 0.3) is 11.5 Å². The van der Waals surface area contributed by atoms with Crippen molar-refractivity contribution in [2.24, 2.45) is 11.8 Å². The number of aryl methyl sites for hydroxylation is 1. The van der Waals surface area contributed by atoms with Gasteiger partial charge in [0.15, 0.2) is 0 Å². The van der Waals surface area contributed by atoms with Gasteiger partial charge in [-0.3, -0.25) is 18.9 Å². The number of ether oxygens (including phenoxy) is 1. The number of thioether (sulfide) groups is 1. The molecule has 0 N–H and O–H groups in total. The Hall–Kier alpha value is -2.23. The molecule has 0 aromatic carbocycles. The molecular formula is C25H32N4O3S2. The lowest BCUT2D eigenvalue weighted by molar-refractivity contribution is -0.122. The fourth-order valence-electron chi connectivity index (χ4n) is 4.74. The Labute approximate surface area is 210 Å². The second-order valence-electron chi connectivity index (χ2n) is 9.32. The van der Waals surface area contributed by atoms with Crippen LogP contribution in [0.4, 0.5) is 5.82 Å². The van der Waals surface area contributed by atoms with E-state index in [-0.39, 0.29) is 11.5 Å². The monoisotopic (exact) mass is 500 g/mol. The van der Waals surface area contributed by atoms with Gasteiger partial charge >= 0.3 is 0 Å². The normalized spacial score (nSPS) is 22.4. The van der Waals surface area contributed by atoms with Crippen LogP contribution in [0.25, 0.3) is 11.7 Å². The molecular weight excluding hydrogens is 468 g/mol. The van der Waals surface area contributed by atoms with Crippen molar-refractivity contribution in [3.8, 4) is 0 Å². The van der Waals surface area contributed by atoms with Crippen LogP contribution in [0.3, 0.4) is 0 Å². The van der Waals surface area contributed by atoms with E-state index in [1.807, 2.05) is 26.0 Å². The van der Waals surface area contributed by atoms with E-state index in [9.17, 15) is 9.59 Å². The number of piperidine rings is 1. The molecule has 0 unspecified atom stereocenters. The summed E-state index contributed by atoms with van der Waals surface area (Å²) in [4.78, 5) is 36.0. The molecule has 0 saturated carbocycles. The maximum absolute atomic E-state index is 13.7. The van der Waals surface area contributed by atoms with Crippen LogP contribution < -0.4 is 10.5 Å². The first-order chi connectivity index (χ1) is 16.3. The summed E-state index contributed by atoms with van der Waals surface area (Å²) in [6, 6.07) is 3.83. The molecule has 2 atom stereocenters. The first-order valence-electron chi connectivity index (χ1n) is 11.9. The van der Waals surface area contributed by atoms with Gasteiger partial charge in [0.2, 0.25) is 0 Å². The van der Waals surface area contributed by atoms with Crippen LogP contribution in [0.15, 0.2) is 28.0 Å². The maximum Gasteiger partial charge on any atom is 0.267 e. The largest absolute Gasteiger partial charge is 0.382 e. The van der Waals surface area contributed by atoms with E-state index in [0.717, 1.165) is 25.1 Å². The molecule has 0 aliphatic carbocycles. The lowest BCUT2D eigenvalue weighted by atomic mass is 9.91. The summed E-state index contributed by atoms with van der Waals surface area (Å²) in [5.41, 5.74) is 1.85. The lowest BCUT2D eigenvalue weighted by Crippen LogP contribution is -2.40. The molecule has 4 heterocycles. The summed E-state index contributed by atoms with van der Waals surface area (Å²) in [5, 5.41) is 0. The molecule has 2 aliphatic heterocycles. The average Bonchev–Trinajstić information content (AvgIpc) is 3.05. The molecule has 7 nitrogen and oxygen atoms in total. The average molecular weight is 501 g/mol. The molecule has 9 heteroatoms. The quantitative estimate of drug-likeness (QED) is 0.322. The standard InChI is InChI=1S/C25H32N4O3S2/c1-5-32-10-6-9-28-24(31)20(34-25(28)33)12-19-22(27-13-17(3)11-18(4)14-27)26-21-8-7-16(2)15-29(21)23(19)30/h7-8,12,15,17-18H,5-6,9-11,13-14H2,1-4H3/b20-12-/t17-,18-/m0/s1. The van der Waals surface area contributed by atoms with E-state index < -0.39 is 0 Å². The molecule has 0 bridgehead atoms. The highest BCUT2D eigenvalue weighted by Crippen LogP contribution is 2.34. The number of nitrogens with zero attached hydrogens (tertiary/aromatic N) is 4. The number of carbonyl (C=O) groups excluding carboxylic acids is 1. The van der Waals surface area contributed by atoms with Crippen LogP contribution in [0.2, 0.25) is 0 Å². The van der Waals surface area contributed by atoms with E-state index in [1.54, 1.807) is 21.6 Å². The first-order valence-corrected chi connectivity index (χ1v) is 13.1. The van der Waals surface area contributed by atoms with Crippen molar-refractivity contribution in [1.29, 1.82) is 0 Å². The Morgan fingerprint density at radius 2 is 1.97 bits per heavy atom. The predicted molar refractivity (Wildman–Crippen MR) is 142 cm³/mol. The summed E-state index contributed by atoms with van der Waals surface area (Å²) in [5.74, 6) is 1.48. The number of amides is 1. The van der Waals surface area contributed by atoms with E-state index in [4.69, 9.17) is 21.9 Å². The molecule has 2 aliphatic rings. The van der Waals surface area contributed by atoms with Gasteiger partial charge in [-0.1, -0.05) is 43.9 Å². The SMILES string of the molecule is CCOCCCN1C(=O)/C(=C/c2c(N3C[C@@H](C)C[C@H](C)C3)nc3ccc(C)cn3c2=O)SC1=S. The minimum atomic E-state index is -0.170. The number of fused-ring (bicyclic) bond motifs is 1. The van der Waals surface area contributed by atoms with Crippen LogP contribution in [0, 0.1) is 18.8 Å². The van der Waals surface area contributed by atoms with Gasteiger partial charge in [-0.05, 0) is 56.2 Å². The molecule has 2 aromatic rings. The summed E-state index contributed by atoms with van der Waals surface area (Å²) in [7, 11) is 0. The molecule has 0 radical (unpaired) electrons. The third-order valence-corrected chi connectivity index (χ3v) is 7.56. The smallest absolute Gasteiger partial charge is 0.267 e. The number of rotatable bonds is 7. The molecule has 0 spiro atoms. The van der Waals surface area contributed by atoms with Gasteiger partial charge in [-0.2, -0.15) is 0 Å². The van der Waals surface area contributed by atoms with Crippen LogP contribution in [0.5, 0.6) is 0 Å². The van der Waals surface area contributed by atoms with Crippen LogP contribution >= 0.6 is 24.0 Å². The van der Waals surface area contributed by atoms with Gasteiger partial charge in [0.05, 0.1) is 10.5 Å². The summed E-state index contributed by atoms with van der Waals surface area (Å²) in [6.07, 6.45) is 5.36. The van der Waals surface area contributed by atoms with Gasteiger partial charge in [-0.25, -0.2) is 4.98 Å². The van der Waals surface area contributed by atoms with Crippen LogP contribution in [-0.2, 0) is 9.53 Å². The molecule has 2 fully saturated rings. The van der Waals surface area contributed by atoms with E-state index in [1.165, 1.54) is 11.8 Å². The highest BCUT2D eigenvalue weighted by Gasteiger charge is 2.33. The lowest BCUT2D eigenvalue weighted by Gasteiger charge is -2.36. The minimum Gasteiger partial charge on any atom is -0.382 e. The number of thiocarbonyl (C=S) groups is 1. The van der Waals surface area contributed by atoms with Crippen molar-refractivity contribution in [2.45, 2.75) is 40.5 Å². The molecule has 34 heavy (non-hydrogen) atoms. The Bertz CT molecular complexity index is 1180. The van der Waals surface area contributed by atoms with Crippen LogP contribution in [-0.4, -0.2) is 57.4 Å². The summed E-state index contributed by atoms with van der Waals surface area (Å²) < 4.78 is 7.48. The molecule has 2 aromatic heterocycles. The third kappa shape index (κ3) is 5.21. The van der Waals surface area contributed by atoms with Crippen molar-refractivity contribution in [3.05, 3.63) is 44.7 Å². The molecule has 2 saturated heterocycles. The first kappa shape index (κ1) is 24.9. The fourth-order valence-corrected chi connectivity index (χ4v) is 6.03. The van der Waals surface area contributed by atoms with E-state index >= 15 is 0 Å². The minimum absolute atomic E-state index is 0.161. The van der Waals surface area contributed by atoms with Crippen molar-refractivity contribution < 1.29 is 9.53 Å². The number of anilines is 1. The van der Waals surface area contributed by atoms with Crippen molar-refractivity contribution in [1.82, 2.24) is 14.3 Å². The number of hydrogen-bond donors (Lipinski definition) is 0. The van der Waals surface area contributed by atoms with Gasteiger partial charge < -0.3 is 9.64 Å². The number of carbonyl (C=O) groups is 1. The highest BCUT2D eigenvalue weighted by atomic mass is 32.2. The Kier molecular flexibility index (Phi) is 7.74. The Morgan fingerprint density at radius 3 is 2.68 bits per heavy atom. The third-order valence-electron chi connectivity index (χ3n) is 6.18. The topological polar surface area (TPSA) is 67.2 Å². The number of hydrogen-bond acceptors (Lipinski definition) is 7. The molecule has 4 rings (SSSR count). The fraction of sp³-hybridized carbons (Fsp3) is 0.520. The van der Waals surface area contributed by atoms with E-state index in [2.05, 4.69) is 18.7 Å². The number of aromatic nitrogens is 2. The second kappa shape index (κ2) is 10.6. The van der Waals surface area contributed by atoms with Crippen molar-refractivity contribution >= 4 is 51.7 Å². The highest BCUT2D eigenvalue weighted by molar-refractivity contribution is 8.26. The predicted octanol–water partition coefficient (Wildman–Crippen LogP) is 4.11. The van der Waals surface area contributed by atoms with E-state index in [0.29, 0.717) is 64.3 Å². The zero-order valence-corrected chi connectivity index (χ0v) is 21.9. The Balaban J connectivity index is 1.75.